The van der Waals surface area contributed by atoms with Gasteiger partial charge in [-0.15, -0.1) is 0 Å². The fraction of sp³-hybridized carbons (Fsp3) is 0.556. The highest BCUT2D eigenvalue weighted by Gasteiger charge is 2.59. The summed E-state index contributed by atoms with van der Waals surface area (Å²) in [5.41, 5.74) is 0.163. The number of carbonyl (C=O) groups excluding carboxylic acids is 1. The van der Waals surface area contributed by atoms with Crippen LogP contribution in [0.2, 0.25) is 0 Å². The Labute approximate surface area is 147 Å². The Hall–Kier alpha value is -1.89. The van der Waals surface area contributed by atoms with Crippen LogP contribution in [0.25, 0.3) is 0 Å². The molecule has 2 aliphatic rings. The minimum absolute atomic E-state index is 0.0791. The van der Waals surface area contributed by atoms with Crippen LogP contribution in [0.3, 0.4) is 0 Å². The number of hydrogen-bond acceptors (Lipinski definition) is 4. The van der Waals surface area contributed by atoms with Crippen molar-refractivity contribution in [3.05, 3.63) is 29.8 Å². The normalized spacial score (nSPS) is 23.8. The molecule has 1 aliphatic carbocycles. The molecule has 3 rings (SSSR count). The van der Waals surface area contributed by atoms with Crippen LogP contribution in [0.5, 0.6) is 0 Å². The molecule has 0 bridgehead atoms. The summed E-state index contributed by atoms with van der Waals surface area (Å²) in [6, 6.07) is 6.83. The predicted octanol–water partition coefficient (Wildman–Crippen LogP) is 2.20. The molecular weight excluding hydrogens is 342 g/mol. The molecule has 1 spiro atoms. The lowest BCUT2D eigenvalue weighted by Crippen LogP contribution is -2.29. The summed E-state index contributed by atoms with van der Waals surface area (Å²) < 4.78 is 23.1. The first kappa shape index (κ1) is 17.9. The van der Waals surface area contributed by atoms with Crippen LogP contribution in [0.15, 0.2) is 24.3 Å². The maximum absolute atomic E-state index is 12.4. The lowest BCUT2D eigenvalue weighted by atomic mass is 9.85. The SMILES string of the molecule is CC(C)(C(=O)O)c1ccc(NC(=O)C2CC23CCS(=O)(=O)CC3)cc1. The summed E-state index contributed by atoms with van der Waals surface area (Å²) in [5.74, 6) is -0.759. The minimum atomic E-state index is -2.93. The number of nitrogens with one attached hydrogen (secondary N) is 1. The smallest absolute Gasteiger partial charge is 0.313 e. The highest BCUT2D eigenvalue weighted by Crippen LogP contribution is 2.60. The molecule has 1 aromatic rings. The van der Waals surface area contributed by atoms with E-state index in [2.05, 4.69) is 5.32 Å². The molecule has 0 aromatic heterocycles. The van der Waals surface area contributed by atoms with Gasteiger partial charge in [0.2, 0.25) is 5.91 Å². The number of benzene rings is 1. The number of carboxylic acids is 1. The van der Waals surface area contributed by atoms with Crippen LogP contribution < -0.4 is 5.32 Å². The van der Waals surface area contributed by atoms with Gasteiger partial charge in [0, 0.05) is 11.6 Å². The first-order valence-electron chi connectivity index (χ1n) is 8.41. The molecule has 1 atom stereocenters. The second kappa shape index (κ2) is 5.83. The Morgan fingerprint density at radius 1 is 1.16 bits per heavy atom. The van der Waals surface area contributed by atoms with Crippen LogP contribution >= 0.6 is 0 Å². The van der Waals surface area contributed by atoms with E-state index in [-0.39, 0.29) is 28.7 Å². The van der Waals surface area contributed by atoms with Crippen LogP contribution in [0.4, 0.5) is 5.69 Å². The molecule has 25 heavy (non-hydrogen) atoms. The third-order valence-corrected chi connectivity index (χ3v) is 7.39. The number of carboxylic acid groups (broad SMARTS) is 1. The van der Waals surface area contributed by atoms with Gasteiger partial charge in [-0.05, 0) is 56.2 Å². The van der Waals surface area contributed by atoms with Crippen molar-refractivity contribution in [3.63, 3.8) is 0 Å². The summed E-state index contributed by atoms with van der Waals surface area (Å²) in [4.78, 5) is 23.7. The number of sulfone groups is 1. The van der Waals surface area contributed by atoms with Crippen molar-refractivity contribution in [1.29, 1.82) is 0 Å². The minimum Gasteiger partial charge on any atom is -0.481 e. The van der Waals surface area contributed by atoms with E-state index < -0.39 is 21.2 Å². The predicted molar refractivity (Wildman–Crippen MR) is 94.2 cm³/mol. The van der Waals surface area contributed by atoms with Gasteiger partial charge < -0.3 is 10.4 Å². The van der Waals surface area contributed by atoms with Gasteiger partial charge >= 0.3 is 5.97 Å². The highest BCUT2D eigenvalue weighted by atomic mass is 32.2. The molecule has 1 amide bonds. The van der Waals surface area contributed by atoms with Crippen molar-refractivity contribution in [2.24, 2.45) is 11.3 Å². The van der Waals surface area contributed by atoms with Gasteiger partial charge in [-0.1, -0.05) is 12.1 Å². The van der Waals surface area contributed by atoms with Crippen LogP contribution in [0, 0.1) is 11.3 Å². The number of hydrogen-bond donors (Lipinski definition) is 2. The second-order valence-electron chi connectivity index (χ2n) is 7.77. The van der Waals surface area contributed by atoms with Gasteiger partial charge in [0.15, 0.2) is 0 Å². The maximum atomic E-state index is 12.4. The van der Waals surface area contributed by atoms with Crippen molar-refractivity contribution >= 4 is 27.4 Å². The zero-order chi connectivity index (χ0) is 18.5. The number of carbonyl (C=O) groups is 2. The topological polar surface area (TPSA) is 101 Å². The summed E-state index contributed by atoms with van der Waals surface area (Å²) in [5, 5.41) is 12.1. The molecule has 1 unspecified atom stereocenters. The van der Waals surface area contributed by atoms with Crippen molar-refractivity contribution in [3.8, 4) is 0 Å². The number of anilines is 1. The van der Waals surface area contributed by atoms with E-state index in [4.69, 9.17) is 0 Å². The van der Waals surface area contributed by atoms with Gasteiger partial charge in [0.25, 0.3) is 0 Å². The fourth-order valence-electron chi connectivity index (χ4n) is 3.54. The van der Waals surface area contributed by atoms with E-state index in [1.807, 2.05) is 0 Å². The quantitative estimate of drug-likeness (QED) is 0.852. The lowest BCUT2D eigenvalue weighted by molar-refractivity contribution is -0.142. The zero-order valence-electron chi connectivity index (χ0n) is 14.4. The van der Waals surface area contributed by atoms with Gasteiger partial charge in [0.1, 0.15) is 9.84 Å². The average Bonchev–Trinajstić information content (AvgIpc) is 3.26. The zero-order valence-corrected chi connectivity index (χ0v) is 15.2. The molecule has 1 heterocycles. The van der Waals surface area contributed by atoms with Gasteiger partial charge in [-0.3, -0.25) is 9.59 Å². The summed E-state index contributed by atoms with van der Waals surface area (Å²) in [6.07, 6.45) is 1.89. The third-order valence-electron chi connectivity index (χ3n) is 5.74. The molecule has 6 nitrogen and oxygen atoms in total. The summed E-state index contributed by atoms with van der Waals surface area (Å²) in [7, 11) is -2.93. The van der Waals surface area contributed by atoms with Gasteiger partial charge in [0.05, 0.1) is 16.9 Å². The molecule has 136 valence electrons. The van der Waals surface area contributed by atoms with Gasteiger partial charge in [-0.2, -0.15) is 0 Å². The Morgan fingerprint density at radius 2 is 1.72 bits per heavy atom. The van der Waals surface area contributed by atoms with E-state index in [1.165, 1.54) is 0 Å². The molecule has 2 fully saturated rings. The van der Waals surface area contributed by atoms with E-state index in [0.29, 0.717) is 24.1 Å². The standard InChI is InChI=1S/C18H23NO5S/c1-17(2,16(21)22)12-3-5-13(6-4-12)19-15(20)14-11-18(14)7-9-25(23,24)10-8-18/h3-6,14H,7-11H2,1-2H3,(H,19,20)(H,21,22). The first-order chi connectivity index (χ1) is 11.6. The fourth-order valence-corrected chi connectivity index (χ4v) is 5.18. The summed E-state index contributed by atoms with van der Waals surface area (Å²) >= 11 is 0. The second-order valence-corrected chi connectivity index (χ2v) is 10.1. The molecular formula is C18H23NO5S. The third kappa shape index (κ3) is 3.42. The first-order valence-corrected chi connectivity index (χ1v) is 10.2. The highest BCUT2D eigenvalue weighted by molar-refractivity contribution is 7.91. The van der Waals surface area contributed by atoms with Crippen LogP contribution in [0.1, 0.15) is 38.7 Å². The van der Waals surface area contributed by atoms with Crippen molar-refractivity contribution in [2.45, 2.75) is 38.5 Å². The average molecular weight is 365 g/mol. The summed E-state index contributed by atoms with van der Waals surface area (Å²) in [6.45, 7) is 3.27. The van der Waals surface area contributed by atoms with Gasteiger partial charge in [-0.25, -0.2) is 8.42 Å². The van der Waals surface area contributed by atoms with Crippen LogP contribution in [-0.4, -0.2) is 36.9 Å². The molecule has 1 saturated heterocycles. The monoisotopic (exact) mass is 365 g/mol. The van der Waals surface area contributed by atoms with E-state index >= 15 is 0 Å². The molecule has 1 aromatic carbocycles. The molecule has 2 N–H and O–H groups in total. The Kier molecular flexibility index (Phi) is 4.18. The molecule has 1 aliphatic heterocycles. The maximum Gasteiger partial charge on any atom is 0.313 e. The van der Waals surface area contributed by atoms with Crippen molar-refractivity contribution < 1.29 is 23.1 Å². The van der Waals surface area contributed by atoms with E-state index in [0.717, 1.165) is 6.42 Å². The number of aliphatic carboxylic acids is 1. The molecule has 1 saturated carbocycles. The molecule has 7 heteroatoms. The van der Waals surface area contributed by atoms with E-state index in [9.17, 15) is 23.1 Å². The Bertz CT molecular complexity index is 796. The van der Waals surface area contributed by atoms with E-state index in [1.54, 1.807) is 38.1 Å². The van der Waals surface area contributed by atoms with Crippen LogP contribution in [-0.2, 0) is 24.8 Å². The number of rotatable bonds is 4. The van der Waals surface area contributed by atoms with Crippen molar-refractivity contribution in [2.75, 3.05) is 16.8 Å². The van der Waals surface area contributed by atoms with Crippen molar-refractivity contribution in [1.82, 2.24) is 0 Å². The largest absolute Gasteiger partial charge is 0.481 e. The Morgan fingerprint density at radius 3 is 2.24 bits per heavy atom. The molecule has 0 radical (unpaired) electrons. The Balaban J connectivity index is 1.62. The lowest BCUT2D eigenvalue weighted by Gasteiger charge is -2.22. The number of amides is 1.